The van der Waals surface area contributed by atoms with Crippen LogP contribution < -0.4 is 34.9 Å². The van der Waals surface area contributed by atoms with Crippen LogP contribution in [0.3, 0.4) is 0 Å². The first-order chi connectivity index (χ1) is 6.49. The van der Waals surface area contributed by atoms with Crippen LogP contribution in [-0.4, -0.2) is 29.8 Å². The fourth-order valence-electron chi connectivity index (χ4n) is 1.68. The zero-order chi connectivity index (χ0) is 10.9. The number of imide groups is 2. The molecule has 0 bridgehead atoms. The molecule has 5 nitrogen and oxygen atoms in total. The van der Waals surface area contributed by atoms with Crippen LogP contribution in [0.25, 0.3) is 0 Å². The Morgan fingerprint density at radius 3 is 2.07 bits per heavy atom. The Bertz CT molecular complexity index is 300. The molecule has 0 aromatic carbocycles. The van der Waals surface area contributed by atoms with E-state index in [2.05, 4.69) is 5.32 Å². The number of carbonyl (C=O) groups excluding carboxylic acids is 3. The number of amides is 4. The van der Waals surface area contributed by atoms with Crippen molar-refractivity contribution in [2.45, 2.75) is 26.7 Å². The predicted octanol–water partition coefficient (Wildman–Crippen LogP) is -2.49. The first-order valence-corrected chi connectivity index (χ1v) is 4.63. The van der Waals surface area contributed by atoms with E-state index < -0.39 is 23.3 Å². The first kappa shape index (κ1) is 14.6. The summed E-state index contributed by atoms with van der Waals surface area (Å²) in [6.45, 7) is 3.54. The van der Waals surface area contributed by atoms with Gasteiger partial charge in [-0.3, -0.25) is 19.8 Å². The van der Waals surface area contributed by atoms with Gasteiger partial charge in [0.25, 0.3) is 0 Å². The molecule has 0 aromatic rings. The summed E-state index contributed by atoms with van der Waals surface area (Å²) in [6.07, 6.45) is 0.817. The van der Waals surface area contributed by atoms with Crippen molar-refractivity contribution in [2.75, 3.05) is 7.05 Å². The summed E-state index contributed by atoms with van der Waals surface area (Å²) in [5, 5.41) is 2.18. The fraction of sp³-hybridized carbons (Fsp3) is 0.667. The van der Waals surface area contributed by atoms with Crippen molar-refractivity contribution < 1.29 is 43.9 Å². The van der Waals surface area contributed by atoms with Gasteiger partial charge in [0.1, 0.15) is 5.41 Å². The monoisotopic (exact) mass is 221 g/mol. The van der Waals surface area contributed by atoms with Crippen LogP contribution >= 0.6 is 0 Å². The van der Waals surface area contributed by atoms with Crippen LogP contribution in [-0.2, 0) is 9.59 Å². The normalized spacial score (nSPS) is 19.7. The van der Waals surface area contributed by atoms with E-state index >= 15 is 0 Å². The van der Waals surface area contributed by atoms with Gasteiger partial charge in [-0.05, 0) is 12.8 Å². The molecule has 0 saturated carbocycles. The molecule has 1 N–H and O–H groups in total. The van der Waals surface area contributed by atoms with E-state index in [1.165, 1.54) is 7.05 Å². The minimum atomic E-state index is -1.05. The van der Waals surface area contributed by atoms with E-state index in [0.717, 1.165) is 4.90 Å². The van der Waals surface area contributed by atoms with Crippen molar-refractivity contribution in [1.29, 1.82) is 0 Å². The molecule has 15 heavy (non-hydrogen) atoms. The Labute approximate surface area is 111 Å². The third kappa shape index (κ3) is 2.09. The molecule has 1 fully saturated rings. The second-order valence-corrected chi connectivity index (χ2v) is 3.41. The van der Waals surface area contributed by atoms with E-state index in [1.807, 2.05) is 0 Å². The molecule has 6 heteroatoms. The van der Waals surface area contributed by atoms with E-state index in [4.69, 9.17) is 0 Å². The van der Waals surface area contributed by atoms with Gasteiger partial charge in [0.15, 0.2) is 0 Å². The average Bonchev–Trinajstić information content (AvgIpc) is 2.17. The van der Waals surface area contributed by atoms with Gasteiger partial charge in [-0.2, -0.15) is 0 Å². The molecule has 1 aliphatic rings. The summed E-state index contributed by atoms with van der Waals surface area (Å²) >= 11 is 0. The van der Waals surface area contributed by atoms with Crippen molar-refractivity contribution >= 4 is 17.8 Å². The van der Waals surface area contributed by atoms with Crippen LogP contribution in [0.1, 0.15) is 26.7 Å². The van der Waals surface area contributed by atoms with E-state index in [9.17, 15) is 14.4 Å². The summed E-state index contributed by atoms with van der Waals surface area (Å²) in [5.74, 6) is -0.883. The predicted molar refractivity (Wildman–Crippen MR) is 49.3 cm³/mol. The van der Waals surface area contributed by atoms with Gasteiger partial charge in [-0.1, -0.05) is 13.8 Å². The van der Waals surface area contributed by atoms with Gasteiger partial charge < -0.3 is 0 Å². The van der Waals surface area contributed by atoms with Gasteiger partial charge >= 0.3 is 35.6 Å². The zero-order valence-electron chi connectivity index (χ0n) is 9.59. The molecule has 0 atom stereocenters. The molecule has 1 saturated heterocycles. The zero-order valence-corrected chi connectivity index (χ0v) is 11.6. The number of urea groups is 1. The maximum absolute atomic E-state index is 11.8. The minimum absolute atomic E-state index is 0. The Kier molecular flexibility index (Phi) is 4.96. The summed E-state index contributed by atoms with van der Waals surface area (Å²) in [7, 11) is 1.38. The van der Waals surface area contributed by atoms with Crippen LogP contribution in [0.15, 0.2) is 0 Å². The number of barbiturate groups is 1. The quantitative estimate of drug-likeness (QED) is 0.414. The Morgan fingerprint density at radius 2 is 1.67 bits per heavy atom. The molecule has 1 rings (SSSR count). The van der Waals surface area contributed by atoms with Crippen LogP contribution in [0.2, 0.25) is 0 Å². The van der Waals surface area contributed by atoms with E-state index in [-0.39, 0.29) is 29.6 Å². The third-order valence-corrected chi connectivity index (χ3v) is 2.88. The molecular formula is C9H14N2NaO3+. The Balaban J connectivity index is 0.00000196. The number of nitrogens with zero attached hydrogens (tertiary/aromatic N) is 1. The Hall–Kier alpha value is -0.390. The third-order valence-electron chi connectivity index (χ3n) is 2.88. The molecular weight excluding hydrogens is 207 g/mol. The molecule has 0 radical (unpaired) electrons. The molecule has 1 heterocycles. The first-order valence-electron chi connectivity index (χ1n) is 4.63. The number of nitrogens with one attached hydrogen (secondary N) is 1. The number of carbonyl (C=O) groups is 3. The van der Waals surface area contributed by atoms with Gasteiger partial charge in [-0.15, -0.1) is 0 Å². The number of hydrogen-bond acceptors (Lipinski definition) is 3. The molecule has 0 unspecified atom stereocenters. The topological polar surface area (TPSA) is 66.5 Å². The Morgan fingerprint density at radius 1 is 1.20 bits per heavy atom. The molecule has 0 aromatic heterocycles. The van der Waals surface area contributed by atoms with Gasteiger partial charge in [0, 0.05) is 7.05 Å². The van der Waals surface area contributed by atoms with Crippen LogP contribution in [0.5, 0.6) is 0 Å². The standard InChI is InChI=1S/C9H14N2O3.Na/c1-4-9(5-2)6(12)10-8(14)11(3)7(9)13;/h4-5H2,1-3H3,(H,10,12,14);/q;+1. The molecule has 0 spiro atoms. The van der Waals surface area contributed by atoms with Crippen molar-refractivity contribution in [3.8, 4) is 0 Å². The number of rotatable bonds is 2. The number of hydrogen-bond donors (Lipinski definition) is 1. The maximum Gasteiger partial charge on any atom is 1.00 e. The van der Waals surface area contributed by atoms with Crippen molar-refractivity contribution in [3.63, 3.8) is 0 Å². The van der Waals surface area contributed by atoms with Crippen molar-refractivity contribution in [2.24, 2.45) is 5.41 Å². The second kappa shape index (κ2) is 5.09. The molecule has 0 aliphatic carbocycles. The maximum atomic E-state index is 11.8. The smallest absolute Gasteiger partial charge is 0.277 e. The van der Waals surface area contributed by atoms with Crippen LogP contribution in [0, 0.1) is 5.41 Å². The van der Waals surface area contributed by atoms with Gasteiger partial charge in [0.05, 0.1) is 0 Å². The second-order valence-electron chi connectivity index (χ2n) is 3.41. The summed E-state index contributed by atoms with van der Waals surface area (Å²) in [6, 6.07) is -0.641. The fourth-order valence-corrected chi connectivity index (χ4v) is 1.68. The largest absolute Gasteiger partial charge is 1.00 e. The van der Waals surface area contributed by atoms with Gasteiger partial charge in [0.2, 0.25) is 11.8 Å². The van der Waals surface area contributed by atoms with Crippen molar-refractivity contribution in [3.05, 3.63) is 0 Å². The molecule has 1 aliphatic heterocycles. The average molecular weight is 221 g/mol. The van der Waals surface area contributed by atoms with Gasteiger partial charge in [-0.25, -0.2) is 4.79 Å². The van der Waals surface area contributed by atoms with Crippen molar-refractivity contribution in [1.82, 2.24) is 10.2 Å². The SMILES string of the molecule is CCC1(CC)C(=O)NC(=O)N(C)C1=O.[Na+]. The molecule has 78 valence electrons. The molecule has 4 amide bonds. The summed E-state index contributed by atoms with van der Waals surface area (Å²) < 4.78 is 0. The summed E-state index contributed by atoms with van der Waals surface area (Å²) in [5.41, 5.74) is -1.05. The summed E-state index contributed by atoms with van der Waals surface area (Å²) in [4.78, 5) is 35.4. The minimum Gasteiger partial charge on any atom is -0.277 e. The van der Waals surface area contributed by atoms with E-state index in [1.54, 1.807) is 13.8 Å². The van der Waals surface area contributed by atoms with Crippen LogP contribution in [0.4, 0.5) is 4.79 Å². The van der Waals surface area contributed by atoms with E-state index in [0.29, 0.717) is 12.8 Å².